The minimum absolute atomic E-state index is 0.0423. The number of benzene rings is 2. The van der Waals surface area contributed by atoms with Gasteiger partial charge in [0.1, 0.15) is 16.0 Å². The molecule has 9 heteroatoms. The highest BCUT2D eigenvalue weighted by atomic mass is 79.9. The summed E-state index contributed by atoms with van der Waals surface area (Å²) in [5.74, 6) is 0.812. The van der Waals surface area contributed by atoms with E-state index in [1.165, 1.54) is 27.4 Å². The molecule has 0 saturated carbocycles. The number of ether oxygens (including phenoxy) is 4. The predicted molar refractivity (Wildman–Crippen MR) is 103 cm³/mol. The van der Waals surface area contributed by atoms with E-state index in [0.717, 1.165) is 5.56 Å². The van der Waals surface area contributed by atoms with Crippen molar-refractivity contribution in [1.29, 1.82) is 0 Å². The predicted octanol–water partition coefficient (Wildman–Crippen LogP) is 4.05. The van der Waals surface area contributed by atoms with Crippen LogP contribution in [0.4, 0.5) is 8.78 Å². The molecule has 0 unspecified atom stereocenters. The van der Waals surface area contributed by atoms with E-state index in [4.69, 9.17) is 14.2 Å². The summed E-state index contributed by atoms with van der Waals surface area (Å²) in [6, 6.07) is 7.84. The van der Waals surface area contributed by atoms with Crippen LogP contribution in [0, 0.1) is 0 Å². The highest BCUT2D eigenvalue weighted by Crippen LogP contribution is 2.35. The summed E-state index contributed by atoms with van der Waals surface area (Å²) in [7, 11) is 4.36. The number of carbonyl (C=O) groups excluding carboxylic acids is 1. The number of hydrogen-bond donors (Lipinski definition) is 1. The lowest BCUT2D eigenvalue weighted by Gasteiger charge is -2.13. The van der Waals surface area contributed by atoms with Gasteiger partial charge in [-0.2, -0.15) is 8.78 Å². The minimum atomic E-state index is -2.93. The molecule has 2 aromatic carbocycles. The van der Waals surface area contributed by atoms with Gasteiger partial charge in [-0.05, 0) is 52.2 Å². The van der Waals surface area contributed by atoms with E-state index in [2.05, 4.69) is 26.0 Å². The zero-order valence-corrected chi connectivity index (χ0v) is 17.1. The highest BCUT2D eigenvalue weighted by Gasteiger charge is 2.15. The number of nitrogens with one attached hydrogen (secondary N) is 1. The summed E-state index contributed by atoms with van der Waals surface area (Å²) in [5.41, 5.74) is 1.18. The Morgan fingerprint density at radius 3 is 2.14 bits per heavy atom. The van der Waals surface area contributed by atoms with Crippen LogP contribution in [0.1, 0.15) is 15.9 Å². The lowest BCUT2D eigenvalue weighted by atomic mass is 10.1. The first-order chi connectivity index (χ1) is 13.4. The molecule has 0 spiro atoms. The van der Waals surface area contributed by atoms with Crippen LogP contribution in [0.15, 0.2) is 34.8 Å². The van der Waals surface area contributed by atoms with Crippen LogP contribution < -0.4 is 24.3 Å². The van der Waals surface area contributed by atoms with E-state index in [0.29, 0.717) is 34.5 Å². The second-order valence-corrected chi connectivity index (χ2v) is 6.36. The van der Waals surface area contributed by atoms with Crippen LogP contribution in [0.5, 0.6) is 23.0 Å². The van der Waals surface area contributed by atoms with E-state index in [1.807, 2.05) is 0 Å². The van der Waals surface area contributed by atoms with Gasteiger partial charge in [-0.15, -0.1) is 0 Å². The molecule has 0 aliphatic heterocycles. The van der Waals surface area contributed by atoms with Crippen LogP contribution in [-0.2, 0) is 6.42 Å². The Labute approximate surface area is 169 Å². The van der Waals surface area contributed by atoms with Gasteiger partial charge >= 0.3 is 6.61 Å². The molecule has 0 radical (unpaired) electrons. The molecule has 2 aromatic rings. The van der Waals surface area contributed by atoms with Gasteiger partial charge in [-0.25, -0.2) is 0 Å². The fourth-order valence-corrected chi connectivity index (χ4v) is 3.04. The van der Waals surface area contributed by atoms with Crippen molar-refractivity contribution in [2.45, 2.75) is 13.0 Å². The van der Waals surface area contributed by atoms with E-state index in [9.17, 15) is 13.6 Å². The Hall–Kier alpha value is -2.55. The summed E-state index contributed by atoms with van der Waals surface area (Å²) in [6.07, 6.45) is 0.474. The third-order valence-corrected chi connectivity index (χ3v) is 4.63. The van der Waals surface area contributed by atoms with Crippen LogP contribution in [0.3, 0.4) is 0 Å². The molecular weight excluding hydrogens is 440 g/mol. The van der Waals surface area contributed by atoms with Crippen molar-refractivity contribution in [3.63, 3.8) is 0 Å². The van der Waals surface area contributed by atoms with Gasteiger partial charge in [0, 0.05) is 12.1 Å². The summed E-state index contributed by atoms with van der Waals surface area (Å²) >= 11 is 3.35. The van der Waals surface area contributed by atoms with Gasteiger partial charge < -0.3 is 24.3 Å². The number of amides is 1. The molecule has 2 rings (SSSR count). The lowest BCUT2D eigenvalue weighted by molar-refractivity contribution is -0.0512. The van der Waals surface area contributed by atoms with Crippen molar-refractivity contribution < 1.29 is 32.5 Å². The molecule has 0 bridgehead atoms. The quantitative estimate of drug-likeness (QED) is 0.612. The van der Waals surface area contributed by atoms with Crippen molar-refractivity contribution >= 4 is 21.8 Å². The van der Waals surface area contributed by atoms with Gasteiger partial charge in [-0.1, -0.05) is 6.07 Å². The van der Waals surface area contributed by atoms with Crippen LogP contribution >= 0.6 is 15.9 Å². The zero-order chi connectivity index (χ0) is 20.7. The largest absolute Gasteiger partial charge is 0.495 e. The molecule has 0 aliphatic carbocycles. The second-order valence-electron chi connectivity index (χ2n) is 5.56. The number of alkyl halides is 2. The standard InChI is InChI=1S/C19H20BrF2NO5/c1-25-14-8-11(4-5-13(14)28-19(21)22)6-7-23-18(24)12-9-15(26-2)17(20)16(10-12)27-3/h4-5,8-10,19H,6-7H2,1-3H3,(H,23,24). The molecule has 0 heterocycles. The van der Waals surface area contributed by atoms with E-state index >= 15 is 0 Å². The van der Waals surface area contributed by atoms with E-state index in [1.54, 1.807) is 24.3 Å². The van der Waals surface area contributed by atoms with Gasteiger partial charge in [0.25, 0.3) is 5.91 Å². The average molecular weight is 460 g/mol. The molecule has 0 fully saturated rings. The smallest absolute Gasteiger partial charge is 0.387 e. The molecule has 1 N–H and O–H groups in total. The van der Waals surface area contributed by atoms with Gasteiger partial charge in [0.2, 0.25) is 0 Å². The van der Waals surface area contributed by atoms with Crippen LogP contribution in [0.25, 0.3) is 0 Å². The highest BCUT2D eigenvalue weighted by molar-refractivity contribution is 9.10. The molecule has 152 valence electrons. The number of carbonyl (C=O) groups is 1. The molecule has 0 atom stereocenters. The molecule has 6 nitrogen and oxygen atoms in total. The molecular formula is C19H20BrF2NO5. The van der Waals surface area contributed by atoms with Gasteiger partial charge in [-0.3, -0.25) is 4.79 Å². The maximum atomic E-state index is 12.4. The number of halogens is 3. The first kappa shape index (κ1) is 21.7. The van der Waals surface area contributed by atoms with Crippen molar-refractivity contribution in [3.8, 4) is 23.0 Å². The SMILES string of the molecule is COc1cc(CCNC(=O)c2cc(OC)c(Br)c(OC)c2)ccc1OC(F)F. The zero-order valence-electron chi connectivity index (χ0n) is 15.6. The van der Waals surface area contributed by atoms with Crippen LogP contribution in [0.2, 0.25) is 0 Å². The van der Waals surface area contributed by atoms with E-state index in [-0.39, 0.29) is 17.4 Å². The maximum Gasteiger partial charge on any atom is 0.387 e. The molecule has 0 aliphatic rings. The Kier molecular flexibility index (Phi) is 7.86. The summed E-state index contributed by atoms with van der Waals surface area (Å²) < 4.78 is 45.3. The number of hydrogen-bond acceptors (Lipinski definition) is 5. The topological polar surface area (TPSA) is 66.0 Å². The Morgan fingerprint density at radius 2 is 1.61 bits per heavy atom. The molecule has 0 saturated heterocycles. The third-order valence-electron chi connectivity index (χ3n) is 3.85. The Bertz CT molecular complexity index is 807. The Balaban J connectivity index is 2.02. The fourth-order valence-electron chi connectivity index (χ4n) is 2.48. The second kappa shape index (κ2) is 10.1. The van der Waals surface area contributed by atoms with Crippen LogP contribution in [-0.4, -0.2) is 40.4 Å². The summed E-state index contributed by atoms with van der Waals surface area (Å²) in [5, 5.41) is 2.80. The average Bonchev–Trinajstić information content (AvgIpc) is 2.68. The monoisotopic (exact) mass is 459 g/mol. The first-order valence-electron chi connectivity index (χ1n) is 8.21. The normalized spacial score (nSPS) is 10.5. The lowest BCUT2D eigenvalue weighted by Crippen LogP contribution is -2.25. The van der Waals surface area contributed by atoms with Crippen molar-refractivity contribution in [2.75, 3.05) is 27.9 Å². The molecule has 28 heavy (non-hydrogen) atoms. The van der Waals surface area contributed by atoms with Crippen molar-refractivity contribution in [3.05, 3.63) is 45.9 Å². The maximum absolute atomic E-state index is 12.4. The fraction of sp³-hybridized carbons (Fsp3) is 0.316. The molecule has 0 aromatic heterocycles. The van der Waals surface area contributed by atoms with Crippen molar-refractivity contribution in [1.82, 2.24) is 5.32 Å². The first-order valence-corrected chi connectivity index (χ1v) is 9.00. The van der Waals surface area contributed by atoms with Crippen molar-refractivity contribution in [2.24, 2.45) is 0 Å². The van der Waals surface area contributed by atoms with Gasteiger partial charge in [0.15, 0.2) is 11.5 Å². The minimum Gasteiger partial charge on any atom is -0.495 e. The Morgan fingerprint density at radius 1 is 1.00 bits per heavy atom. The summed E-state index contributed by atoms with van der Waals surface area (Å²) in [4.78, 5) is 12.4. The van der Waals surface area contributed by atoms with Gasteiger partial charge in [0.05, 0.1) is 21.3 Å². The number of methoxy groups -OCH3 is 3. The number of rotatable bonds is 9. The third kappa shape index (κ3) is 5.48. The molecule has 1 amide bonds. The van der Waals surface area contributed by atoms with E-state index < -0.39 is 6.61 Å². The summed E-state index contributed by atoms with van der Waals surface area (Å²) in [6.45, 7) is -2.60.